The van der Waals surface area contributed by atoms with Gasteiger partial charge in [-0.15, -0.1) is 17.9 Å². The van der Waals surface area contributed by atoms with E-state index in [1.807, 2.05) is 38.3 Å². The molecule has 94 valence electrons. The zero-order valence-electron chi connectivity index (χ0n) is 10.6. The number of hydrogen-bond acceptors (Lipinski definition) is 3. The highest BCUT2D eigenvalue weighted by Crippen LogP contribution is 2.23. The fourth-order valence-corrected chi connectivity index (χ4v) is 2.30. The van der Waals surface area contributed by atoms with Crippen LogP contribution in [0.1, 0.15) is 31.7 Å². The summed E-state index contributed by atoms with van der Waals surface area (Å²) >= 11 is 1.51. The maximum absolute atomic E-state index is 12.3. The molecule has 1 atom stereocenters. The topological polar surface area (TPSA) is 46.3 Å². The average molecular weight is 252 g/mol. The van der Waals surface area contributed by atoms with Crippen LogP contribution >= 0.6 is 11.3 Å². The molecule has 1 heterocycles. The molecule has 1 amide bonds. The Bertz CT molecular complexity index is 379. The van der Waals surface area contributed by atoms with Crippen LogP contribution in [0.25, 0.3) is 0 Å². The fourth-order valence-electron chi connectivity index (χ4n) is 1.58. The zero-order valence-corrected chi connectivity index (χ0v) is 11.5. The molecule has 0 bridgehead atoms. The lowest BCUT2D eigenvalue weighted by atomic mass is 10.0. The molecule has 0 saturated heterocycles. The molecule has 17 heavy (non-hydrogen) atoms. The second kappa shape index (κ2) is 5.47. The molecule has 1 aromatic heterocycles. The van der Waals surface area contributed by atoms with Gasteiger partial charge in [-0.05, 0) is 32.2 Å². The third-order valence-electron chi connectivity index (χ3n) is 2.50. The quantitative estimate of drug-likeness (QED) is 0.837. The van der Waals surface area contributed by atoms with E-state index >= 15 is 0 Å². The monoisotopic (exact) mass is 252 g/mol. The first kappa shape index (κ1) is 13.9. The van der Waals surface area contributed by atoms with Crippen LogP contribution < -0.4 is 5.73 Å². The number of nitrogens with zero attached hydrogens (tertiary/aromatic N) is 1. The minimum absolute atomic E-state index is 0.0557. The Hall–Kier alpha value is -1.13. The van der Waals surface area contributed by atoms with Gasteiger partial charge >= 0.3 is 0 Å². The van der Waals surface area contributed by atoms with Crippen LogP contribution in [0, 0.1) is 0 Å². The second-order valence-corrected chi connectivity index (χ2v) is 5.88. The number of rotatable bonds is 4. The molecule has 0 radical (unpaired) electrons. The third-order valence-corrected chi connectivity index (χ3v) is 3.46. The van der Waals surface area contributed by atoms with Crippen LogP contribution in [0.4, 0.5) is 0 Å². The van der Waals surface area contributed by atoms with E-state index in [9.17, 15) is 4.79 Å². The van der Waals surface area contributed by atoms with Crippen molar-refractivity contribution in [2.45, 2.75) is 32.4 Å². The molecular weight excluding hydrogens is 232 g/mol. The smallest absolute Gasteiger partial charge is 0.245 e. The Morgan fingerprint density at radius 2 is 2.29 bits per heavy atom. The molecule has 0 spiro atoms. The van der Waals surface area contributed by atoms with Crippen molar-refractivity contribution in [3.63, 3.8) is 0 Å². The lowest BCUT2D eigenvalue weighted by molar-refractivity contribution is -0.136. The highest BCUT2D eigenvalue weighted by Gasteiger charge is 2.30. The van der Waals surface area contributed by atoms with Crippen molar-refractivity contribution in [2.24, 2.45) is 5.73 Å². The Morgan fingerprint density at radius 1 is 1.65 bits per heavy atom. The summed E-state index contributed by atoms with van der Waals surface area (Å²) in [5.41, 5.74) is 5.75. The lowest BCUT2D eigenvalue weighted by Crippen LogP contribution is -2.49. The van der Waals surface area contributed by atoms with Crippen molar-refractivity contribution >= 4 is 17.2 Å². The number of thiophene rings is 1. The molecule has 2 N–H and O–H groups in total. The molecule has 3 nitrogen and oxygen atoms in total. The maximum Gasteiger partial charge on any atom is 0.245 e. The molecular formula is C13H20N2OS. The summed E-state index contributed by atoms with van der Waals surface area (Å²) in [5, 5.41) is 1.93. The second-order valence-electron chi connectivity index (χ2n) is 4.90. The van der Waals surface area contributed by atoms with Crippen LogP contribution in [0.5, 0.6) is 0 Å². The average Bonchev–Trinajstić information content (AvgIpc) is 2.75. The summed E-state index contributed by atoms with van der Waals surface area (Å²) in [4.78, 5) is 15.0. The lowest BCUT2D eigenvalue weighted by Gasteiger charge is -2.36. The molecule has 0 aliphatic heterocycles. The fraction of sp³-hybridized carbons (Fsp3) is 0.462. The van der Waals surface area contributed by atoms with Crippen LogP contribution in [-0.2, 0) is 4.79 Å². The van der Waals surface area contributed by atoms with E-state index in [1.54, 1.807) is 11.0 Å². The standard InChI is InChI=1S/C13H20N2OS/c1-5-8-15(13(2,3)4)12(16)11(14)10-7-6-9-17-10/h5-7,9,11H,1,8,14H2,2-4H3. The van der Waals surface area contributed by atoms with E-state index in [4.69, 9.17) is 5.73 Å². The number of amides is 1. The van der Waals surface area contributed by atoms with Crippen molar-refractivity contribution in [3.8, 4) is 0 Å². The highest BCUT2D eigenvalue weighted by molar-refractivity contribution is 7.10. The third kappa shape index (κ3) is 3.41. The summed E-state index contributed by atoms with van der Waals surface area (Å²) in [6, 6.07) is 3.22. The van der Waals surface area contributed by atoms with E-state index in [1.165, 1.54) is 11.3 Å². The Labute approximate surface area is 107 Å². The summed E-state index contributed by atoms with van der Waals surface area (Å²) in [6.07, 6.45) is 1.73. The first-order valence-corrected chi connectivity index (χ1v) is 6.47. The SMILES string of the molecule is C=CCN(C(=O)C(N)c1cccs1)C(C)(C)C. The number of carbonyl (C=O) groups is 1. The van der Waals surface area contributed by atoms with Gasteiger partial charge in [-0.25, -0.2) is 0 Å². The van der Waals surface area contributed by atoms with Crippen molar-refractivity contribution in [1.82, 2.24) is 4.90 Å². The van der Waals surface area contributed by atoms with Gasteiger partial charge < -0.3 is 10.6 Å². The Balaban J connectivity index is 2.89. The van der Waals surface area contributed by atoms with E-state index in [0.717, 1.165) is 4.88 Å². The van der Waals surface area contributed by atoms with E-state index in [2.05, 4.69) is 6.58 Å². The molecule has 0 aromatic carbocycles. The van der Waals surface area contributed by atoms with Crippen molar-refractivity contribution in [1.29, 1.82) is 0 Å². The minimum Gasteiger partial charge on any atom is -0.332 e. The molecule has 1 unspecified atom stereocenters. The summed E-state index contributed by atoms with van der Waals surface area (Å²) < 4.78 is 0. The van der Waals surface area contributed by atoms with E-state index < -0.39 is 6.04 Å². The molecule has 0 aliphatic rings. The largest absolute Gasteiger partial charge is 0.332 e. The highest BCUT2D eigenvalue weighted by atomic mass is 32.1. The maximum atomic E-state index is 12.3. The molecule has 0 saturated carbocycles. The van der Waals surface area contributed by atoms with Crippen LogP contribution in [0.3, 0.4) is 0 Å². The Morgan fingerprint density at radius 3 is 2.71 bits per heavy atom. The normalized spacial score (nSPS) is 13.2. The van der Waals surface area contributed by atoms with Gasteiger partial charge in [0.15, 0.2) is 0 Å². The van der Waals surface area contributed by atoms with Crippen molar-refractivity contribution in [3.05, 3.63) is 35.0 Å². The zero-order chi connectivity index (χ0) is 13.1. The number of nitrogens with two attached hydrogens (primary N) is 1. The minimum atomic E-state index is -0.575. The first-order chi connectivity index (χ1) is 7.88. The molecule has 0 aliphatic carbocycles. The predicted octanol–water partition coefficient (Wildman–Crippen LogP) is 2.56. The molecule has 0 fully saturated rings. The van der Waals surface area contributed by atoms with Gasteiger partial charge in [-0.1, -0.05) is 12.1 Å². The summed E-state index contributed by atoms with van der Waals surface area (Å²) in [7, 11) is 0. The van der Waals surface area contributed by atoms with Gasteiger partial charge in [0.2, 0.25) is 5.91 Å². The van der Waals surface area contributed by atoms with Gasteiger partial charge in [0.25, 0.3) is 0 Å². The number of hydrogen-bond donors (Lipinski definition) is 1. The van der Waals surface area contributed by atoms with Crippen LogP contribution in [-0.4, -0.2) is 22.9 Å². The van der Waals surface area contributed by atoms with E-state index in [-0.39, 0.29) is 11.4 Å². The number of carbonyl (C=O) groups excluding carboxylic acids is 1. The van der Waals surface area contributed by atoms with Crippen molar-refractivity contribution < 1.29 is 4.79 Å². The molecule has 4 heteroatoms. The van der Waals surface area contributed by atoms with Gasteiger partial charge in [-0.3, -0.25) is 4.79 Å². The van der Waals surface area contributed by atoms with Crippen LogP contribution in [0.2, 0.25) is 0 Å². The summed E-state index contributed by atoms with van der Waals surface area (Å²) in [6.45, 7) is 10.2. The van der Waals surface area contributed by atoms with E-state index in [0.29, 0.717) is 6.54 Å². The van der Waals surface area contributed by atoms with Gasteiger partial charge in [0.1, 0.15) is 6.04 Å². The van der Waals surface area contributed by atoms with Gasteiger partial charge in [0, 0.05) is 17.0 Å². The first-order valence-electron chi connectivity index (χ1n) is 5.59. The van der Waals surface area contributed by atoms with Crippen molar-refractivity contribution in [2.75, 3.05) is 6.54 Å². The summed E-state index contributed by atoms with van der Waals surface area (Å²) in [5.74, 6) is -0.0557. The molecule has 1 aromatic rings. The Kier molecular flexibility index (Phi) is 4.48. The van der Waals surface area contributed by atoms with Gasteiger partial charge in [-0.2, -0.15) is 0 Å². The van der Waals surface area contributed by atoms with Gasteiger partial charge in [0.05, 0.1) is 0 Å². The van der Waals surface area contributed by atoms with Crippen LogP contribution in [0.15, 0.2) is 30.2 Å². The predicted molar refractivity (Wildman–Crippen MR) is 72.9 cm³/mol. The molecule has 1 rings (SSSR count).